The van der Waals surface area contributed by atoms with Crippen LogP contribution in [0.3, 0.4) is 0 Å². The van der Waals surface area contributed by atoms with Crippen molar-refractivity contribution in [3.05, 3.63) is 51.2 Å². The molecule has 7 heteroatoms. The normalized spacial score (nSPS) is 9.88. The summed E-state index contributed by atoms with van der Waals surface area (Å²) in [6.45, 7) is 0. The molecule has 0 aliphatic carbocycles. The molecule has 0 aliphatic rings. The van der Waals surface area contributed by atoms with Gasteiger partial charge < -0.3 is 5.11 Å². The number of aromatic nitrogens is 2. The van der Waals surface area contributed by atoms with Gasteiger partial charge >= 0.3 is 5.69 Å². The number of anilines is 2. The average Bonchev–Trinajstić information content (AvgIpc) is 2.27. The standard InChI is InChI=1S/C10H10N4O3/c15-7-3-1-6(2-4-7)13-14-8-5-9(16)12-10(17)11-8/h1-5,13,15H,(H3,11,12,14,16,17). The number of hydrogen-bond donors (Lipinski definition) is 5. The van der Waals surface area contributed by atoms with Crippen molar-refractivity contribution in [3.63, 3.8) is 0 Å². The molecule has 1 aromatic carbocycles. The highest BCUT2D eigenvalue weighted by atomic mass is 16.3. The number of phenolic OH excluding ortho intramolecular Hbond substituents is 1. The number of H-pyrrole nitrogens is 2. The molecule has 0 saturated heterocycles. The average molecular weight is 234 g/mol. The third-order valence-corrected chi connectivity index (χ3v) is 1.97. The second-order valence-corrected chi connectivity index (χ2v) is 3.30. The number of hydrazine groups is 1. The number of hydrogen-bond acceptors (Lipinski definition) is 5. The molecule has 5 N–H and O–H groups in total. The Morgan fingerprint density at radius 3 is 2.35 bits per heavy atom. The molecule has 0 saturated carbocycles. The zero-order chi connectivity index (χ0) is 12.3. The minimum absolute atomic E-state index is 0.153. The second-order valence-electron chi connectivity index (χ2n) is 3.30. The van der Waals surface area contributed by atoms with E-state index in [9.17, 15) is 9.59 Å². The van der Waals surface area contributed by atoms with Gasteiger partial charge in [0.1, 0.15) is 11.6 Å². The monoisotopic (exact) mass is 234 g/mol. The van der Waals surface area contributed by atoms with E-state index in [2.05, 4.69) is 15.8 Å². The topological polar surface area (TPSA) is 110 Å². The summed E-state index contributed by atoms with van der Waals surface area (Å²) in [5, 5.41) is 9.07. The van der Waals surface area contributed by atoms with Crippen LogP contribution in [0.5, 0.6) is 5.75 Å². The van der Waals surface area contributed by atoms with Crippen molar-refractivity contribution in [2.24, 2.45) is 0 Å². The van der Waals surface area contributed by atoms with Crippen LogP contribution < -0.4 is 22.1 Å². The molecule has 0 unspecified atom stereocenters. The Labute approximate surface area is 95.1 Å². The largest absolute Gasteiger partial charge is 0.508 e. The molecule has 1 aromatic heterocycles. The highest BCUT2D eigenvalue weighted by Gasteiger charge is 1.96. The van der Waals surface area contributed by atoms with Crippen molar-refractivity contribution in [2.45, 2.75) is 0 Å². The van der Waals surface area contributed by atoms with Crippen LogP contribution >= 0.6 is 0 Å². The van der Waals surface area contributed by atoms with Gasteiger partial charge in [0.15, 0.2) is 0 Å². The summed E-state index contributed by atoms with van der Waals surface area (Å²) in [5.74, 6) is 0.395. The molecule has 0 bridgehead atoms. The van der Waals surface area contributed by atoms with E-state index in [1.807, 2.05) is 4.98 Å². The smallest absolute Gasteiger partial charge is 0.327 e. The summed E-state index contributed by atoms with van der Waals surface area (Å²) in [6, 6.07) is 7.48. The predicted molar refractivity (Wildman–Crippen MR) is 63.0 cm³/mol. The van der Waals surface area contributed by atoms with Crippen molar-refractivity contribution in [1.29, 1.82) is 0 Å². The first-order chi connectivity index (χ1) is 8.13. The molecule has 7 nitrogen and oxygen atoms in total. The van der Waals surface area contributed by atoms with Crippen LogP contribution in [0.1, 0.15) is 0 Å². The lowest BCUT2D eigenvalue weighted by atomic mass is 10.3. The highest BCUT2D eigenvalue weighted by molar-refractivity contribution is 5.50. The summed E-state index contributed by atoms with van der Waals surface area (Å²) in [6.07, 6.45) is 0. The molecule has 0 aliphatic heterocycles. The van der Waals surface area contributed by atoms with Crippen LogP contribution in [0.4, 0.5) is 11.5 Å². The number of benzene rings is 1. The third kappa shape index (κ3) is 2.88. The summed E-state index contributed by atoms with van der Waals surface area (Å²) in [4.78, 5) is 26.4. The fourth-order valence-corrected chi connectivity index (χ4v) is 1.22. The van der Waals surface area contributed by atoms with Gasteiger partial charge in [-0.05, 0) is 24.3 Å². The Hall–Kier alpha value is -2.70. The van der Waals surface area contributed by atoms with E-state index in [4.69, 9.17) is 5.11 Å². The minimum Gasteiger partial charge on any atom is -0.508 e. The lowest BCUT2D eigenvalue weighted by Gasteiger charge is -2.08. The number of aromatic hydroxyl groups is 1. The van der Waals surface area contributed by atoms with Gasteiger partial charge in [-0.3, -0.25) is 25.6 Å². The van der Waals surface area contributed by atoms with Crippen molar-refractivity contribution < 1.29 is 5.11 Å². The van der Waals surface area contributed by atoms with E-state index in [1.165, 1.54) is 18.2 Å². The molecule has 1 heterocycles. The minimum atomic E-state index is -0.590. The number of aromatic amines is 2. The van der Waals surface area contributed by atoms with E-state index < -0.39 is 11.2 Å². The van der Waals surface area contributed by atoms with E-state index in [-0.39, 0.29) is 11.6 Å². The van der Waals surface area contributed by atoms with Gasteiger partial charge in [0.05, 0.1) is 5.69 Å². The maximum Gasteiger partial charge on any atom is 0.327 e. The summed E-state index contributed by atoms with van der Waals surface area (Å²) in [7, 11) is 0. The molecule has 88 valence electrons. The summed E-state index contributed by atoms with van der Waals surface area (Å²) < 4.78 is 0. The number of phenols is 1. The van der Waals surface area contributed by atoms with Crippen LogP contribution in [0.25, 0.3) is 0 Å². The third-order valence-electron chi connectivity index (χ3n) is 1.97. The van der Waals surface area contributed by atoms with Crippen molar-refractivity contribution in [3.8, 4) is 5.75 Å². The molecule has 0 atom stereocenters. The predicted octanol–water partition coefficient (Wildman–Crippen LogP) is 0.208. The van der Waals surface area contributed by atoms with Crippen molar-refractivity contribution >= 4 is 11.5 Å². The fraction of sp³-hybridized carbons (Fsp3) is 0. The SMILES string of the molecule is O=c1cc(NNc2ccc(O)cc2)[nH]c(=O)[nH]1. The van der Waals surface area contributed by atoms with Gasteiger partial charge in [-0.15, -0.1) is 0 Å². The van der Waals surface area contributed by atoms with Gasteiger partial charge in [0.2, 0.25) is 0 Å². The Balaban J connectivity index is 2.09. The zero-order valence-corrected chi connectivity index (χ0v) is 8.65. The summed E-state index contributed by atoms with van der Waals surface area (Å²) >= 11 is 0. The van der Waals surface area contributed by atoms with Gasteiger partial charge in [-0.1, -0.05) is 0 Å². The van der Waals surface area contributed by atoms with Crippen LogP contribution in [0.2, 0.25) is 0 Å². The van der Waals surface area contributed by atoms with E-state index in [0.29, 0.717) is 5.69 Å². The van der Waals surface area contributed by atoms with E-state index in [1.54, 1.807) is 12.1 Å². The Kier molecular flexibility index (Phi) is 2.82. The van der Waals surface area contributed by atoms with Gasteiger partial charge in [-0.2, -0.15) is 0 Å². The summed E-state index contributed by atoms with van der Waals surface area (Å²) in [5.41, 5.74) is 5.00. The zero-order valence-electron chi connectivity index (χ0n) is 8.65. The Bertz CT molecular complexity index is 586. The molecule has 0 radical (unpaired) electrons. The molecule has 0 fully saturated rings. The van der Waals surface area contributed by atoms with Crippen LogP contribution in [0.15, 0.2) is 39.9 Å². The fourth-order valence-electron chi connectivity index (χ4n) is 1.22. The van der Waals surface area contributed by atoms with E-state index in [0.717, 1.165) is 0 Å². The first-order valence-electron chi connectivity index (χ1n) is 4.78. The number of rotatable bonds is 3. The van der Waals surface area contributed by atoms with Gasteiger partial charge in [0, 0.05) is 6.07 Å². The highest BCUT2D eigenvalue weighted by Crippen LogP contribution is 2.13. The Morgan fingerprint density at radius 2 is 1.71 bits per heavy atom. The molecular formula is C10H10N4O3. The first-order valence-corrected chi connectivity index (χ1v) is 4.78. The lowest BCUT2D eigenvalue weighted by molar-refractivity contribution is 0.475. The molecule has 0 spiro atoms. The molecule has 17 heavy (non-hydrogen) atoms. The van der Waals surface area contributed by atoms with Crippen molar-refractivity contribution in [1.82, 2.24) is 9.97 Å². The molecule has 2 rings (SSSR count). The Morgan fingerprint density at radius 1 is 1.00 bits per heavy atom. The first kappa shape index (κ1) is 10.8. The second kappa shape index (κ2) is 4.44. The van der Waals surface area contributed by atoms with Gasteiger partial charge in [0.25, 0.3) is 5.56 Å². The molecule has 2 aromatic rings. The van der Waals surface area contributed by atoms with Crippen LogP contribution in [-0.2, 0) is 0 Å². The molecular weight excluding hydrogens is 224 g/mol. The maximum absolute atomic E-state index is 11.0. The molecule has 0 amide bonds. The van der Waals surface area contributed by atoms with Crippen molar-refractivity contribution in [2.75, 3.05) is 10.9 Å². The van der Waals surface area contributed by atoms with E-state index >= 15 is 0 Å². The van der Waals surface area contributed by atoms with Crippen LogP contribution in [-0.4, -0.2) is 15.1 Å². The van der Waals surface area contributed by atoms with Crippen LogP contribution in [0, 0.1) is 0 Å². The van der Waals surface area contributed by atoms with Gasteiger partial charge in [-0.25, -0.2) is 4.79 Å². The number of nitrogens with one attached hydrogen (secondary N) is 4. The lowest BCUT2D eigenvalue weighted by Crippen LogP contribution is -2.24. The quantitative estimate of drug-likeness (QED) is 0.385. The maximum atomic E-state index is 11.0.